The van der Waals surface area contributed by atoms with Gasteiger partial charge in [0.2, 0.25) is 5.95 Å². The topological polar surface area (TPSA) is 81.1 Å². The number of aromatic nitrogens is 2. The number of anilines is 3. The van der Waals surface area contributed by atoms with Crippen molar-refractivity contribution in [2.24, 2.45) is 0 Å². The van der Waals surface area contributed by atoms with Gasteiger partial charge in [0, 0.05) is 29.4 Å². The molecule has 4 N–H and O–H groups in total. The minimum atomic E-state index is 0.237. The molecule has 1 aliphatic heterocycles. The van der Waals surface area contributed by atoms with E-state index in [1.54, 1.807) is 0 Å². The number of hydrogen-bond acceptors (Lipinski definition) is 5. The number of fused-ring (bicyclic) bond motifs is 1. The third kappa shape index (κ3) is 3.43. The lowest BCUT2D eigenvalue weighted by molar-refractivity contribution is 0.812. The van der Waals surface area contributed by atoms with Crippen molar-refractivity contribution in [2.75, 3.05) is 22.9 Å². The van der Waals surface area contributed by atoms with Gasteiger partial charge in [-0.2, -0.15) is 4.98 Å². The highest BCUT2D eigenvalue weighted by atomic mass is 35.5. The number of rotatable bonds is 4. The van der Waals surface area contributed by atoms with Gasteiger partial charge in [0.1, 0.15) is 5.82 Å². The van der Waals surface area contributed by atoms with Crippen molar-refractivity contribution in [1.29, 1.82) is 0 Å². The fourth-order valence-electron chi connectivity index (χ4n) is 3.71. The van der Waals surface area contributed by atoms with Crippen LogP contribution < -0.4 is 16.4 Å². The van der Waals surface area contributed by atoms with Crippen LogP contribution in [0.15, 0.2) is 42.5 Å². The van der Waals surface area contributed by atoms with Gasteiger partial charge in [-0.05, 0) is 53.8 Å². The average Bonchev–Trinajstić information content (AvgIpc) is 3.05. The molecule has 6 heteroatoms. The van der Waals surface area contributed by atoms with E-state index < -0.39 is 0 Å². The Morgan fingerprint density at radius 3 is 2.67 bits per heavy atom. The molecule has 1 aliphatic rings. The molecule has 0 saturated heterocycles. The van der Waals surface area contributed by atoms with Crippen LogP contribution in [-0.4, -0.2) is 16.5 Å². The van der Waals surface area contributed by atoms with Crippen molar-refractivity contribution in [1.82, 2.24) is 9.97 Å². The van der Waals surface area contributed by atoms with Crippen LogP contribution in [0.1, 0.15) is 23.7 Å². The van der Waals surface area contributed by atoms with Gasteiger partial charge in [-0.3, -0.25) is 0 Å². The van der Waals surface area contributed by atoms with E-state index in [-0.39, 0.29) is 5.95 Å². The molecule has 0 spiro atoms. The van der Waals surface area contributed by atoms with Gasteiger partial charge < -0.3 is 16.4 Å². The Labute approximate surface area is 164 Å². The molecule has 0 radical (unpaired) electrons. The quantitative estimate of drug-likeness (QED) is 0.713. The van der Waals surface area contributed by atoms with Crippen LogP contribution in [-0.2, 0) is 19.4 Å². The summed E-state index contributed by atoms with van der Waals surface area (Å²) in [6.07, 6.45) is 1.78. The molecule has 0 amide bonds. The number of hydrogen-bond donors (Lipinski definition) is 2. The lowest BCUT2D eigenvalue weighted by Crippen LogP contribution is -2.22. The van der Waals surface area contributed by atoms with Gasteiger partial charge in [-0.1, -0.05) is 36.7 Å². The molecule has 3 aromatic rings. The van der Waals surface area contributed by atoms with Crippen molar-refractivity contribution in [3.05, 3.63) is 64.3 Å². The molecule has 0 atom stereocenters. The monoisotopic (exact) mass is 379 g/mol. The lowest BCUT2D eigenvalue weighted by atomic mass is 10.0. The average molecular weight is 380 g/mol. The summed E-state index contributed by atoms with van der Waals surface area (Å²) < 4.78 is 0. The second-order valence-electron chi connectivity index (χ2n) is 6.77. The maximum atomic E-state index is 6.14. The van der Waals surface area contributed by atoms with E-state index in [0.717, 1.165) is 41.2 Å². The first-order valence-corrected chi connectivity index (χ1v) is 9.47. The molecule has 0 bridgehead atoms. The molecule has 0 unspecified atom stereocenters. The Balaban J connectivity index is 1.64. The molecule has 0 fully saturated rings. The van der Waals surface area contributed by atoms with Gasteiger partial charge in [0.15, 0.2) is 0 Å². The van der Waals surface area contributed by atoms with E-state index in [1.807, 2.05) is 18.2 Å². The summed E-state index contributed by atoms with van der Waals surface area (Å²) >= 11 is 6.14. The first-order valence-electron chi connectivity index (χ1n) is 9.09. The Morgan fingerprint density at radius 1 is 1.07 bits per heavy atom. The Morgan fingerprint density at radius 2 is 1.89 bits per heavy atom. The minimum absolute atomic E-state index is 0.237. The van der Waals surface area contributed by atoms with Crippen molar-refractivity contribution in [2.45, 2.75) is 26.3 Å². The van der Waals surface area contributed by atoms with Gasteiger partial charge in [0.25, 0.3) is 0 Å². The van der Waals surface area contributed by atoms with Gasteiger partial charge >= 0.3 is 0 Å². The molecule has 1 aromatic heterocycles. The normalized spacial score (nSPS) is 13.0. The first kappa shape index (κ1) is 17.6. The molecule has 2 aromatic carbocycles. The molecular formula is C21H22ClN5. The number of halogens is 1. The van der Waals surface area contributed by atoms with Crippen LogP contribution in [0.3, 0.4) is 0 Å². The zero-order valence-electron chi connectivity index (χ0n) is 15.2. The zero-order valence-corrected chi connectivity index (χ0v) is 16.0. The number of benzene rings is 2. The van der Waals surface area contributed by atoms with Crippen LogP contribution in [0.4, 0.5) is 17.5 Å². The second-order valence-corrected chi connectivity index (χ2v) is 7.21. The van der Waals surface area contributed by atoms with E-state index in [4.69, 9.17) is 23.1 Å². The van der Waals surface area contributed by atoms with Crippen molar-refractivity contribution < 1.29 is 0 Å². The highest BCUT2D eigenvalue weighted by Crippen LogP contribution is 2.34. The van der Waals surface area contributed by atoms with Crippen LogP contribution in [0.2, 0.25) is 5.02 Å². The highest BCUT2D eigenvalue weighted by Gasteiger charge is 2.22. The third-order valence-corrected chi connectivity index (χ3v) is 5.29. The Hall–Kier alpha value is -2.79. The first-order chi connectivity index (χ1) is 13.0. The Bertz CT molecular complexity index is 1000. The summed E-state index contributed by atoms with van der Waals surface area (Å²) in [6.45, 7) is 3.69. The van der Waals surface area contributed by atoms with Crippen molar-refractivity contribution >= 4 is 29.1 Å². The van der Waals surface area contributed by atoms with Gasteiger partial charge in [-0.25, -0.2) is 4.98 Å². The van der Waals surface area contributed by atoms with Gasteiger partial charge in [-0.15, -0.1) is 0 Å². The molecular weight excluding hydrogens is 358 g/mol. The standard InChI is InChI=1S/C21H22ClN5/c1-2-18-17(20(23)26-21(24)25-18)12-27-9-8-15-10-14(6-7-19(15)27)13-4-3-5-16(22)11-13/h3-7,10-11H,2,8-9,12H2,1H3,(H4,23,24,25,26). The van der Waals surface area contributed by atoms with E-state index in [1.165, 1.54) is 16.8 Å². The number of nitrogen functional groups attached to an aromatic ring is 2. The summed E-state index contributed by atoms with van der Waals surface area (Å²) in [5.74, 6) is 0.712. The SMILES string of the molecule is CCc1nc(N)nc(N)c1CN1CCc2cc(-c3cccc(Cl)c3)ccc21. The molecule has 138 valence electrons. The lowest BCUT2D eigenvalue weighted by Gasteiger charge is -2.22. The largest absolute Gasteiger partial charge is 0.383 e. The molecule has 2 heterocycles. The summed E-state index contributed by atoms with van der Waals surface area (Å²) in [4.78, 5) is 10.8. The molecule has 0 aliphatic carbocycles. The third-order valence-electron chi connectivity index (χ3n) is 5.06. The Kier molecular flexibility index (Phi) is 4.62. The maximum Gasteiger partial charge on any atom is 0.222 e. The van der Waals surface area contributed by atoms with Crippen LogP contribution in [0.25, 0.3) is 11.1 Å². The highest BCUT2D eigenvalue weighted by molar-refractivity contribution is 6.30. The zero-order chi connectivity index (χ0) is 19.0. The van der Waals surface area contributed by atoms with E-state index in [0.29, 0.717) is 12.4 Å². The smallest absolute Gasteiger partial charge is 0.222 e. The number of aryl methyl sites for hydroxylation is 1. The van der Waals surface area contributed by atoms with Crippen LogP contribution in [0.5, 0.6) is 0 Å². The summed E-state index contributed by atoms with van der Waals surface area (Å²) in [7, 11) is 0. The second kappa shape index (κ2) is 7.08. The predicted molar refractivity (Wildman–Crippen MR) is 112 cm³/mol. The fraction of sp³-hybridized carbons (Fsp3) is 0.238. The molecule has 5 nitrogen and oxygen atoms in total. The molecule has 4 rings (SSSR count). The van der Waals surface area contributed by atoms with E-state index in [9.17, 15) is 0 Å². The molecule has 27 heavy (non-hydrogen) atoms. The maximum absolute atomic E-state index is 6.14. The fourth-order valence-corrected chi connectivity index (χ4v) is 3.90. The van der Waals surface area contributed by atoms with Crippen LogP contribution >= 0.6 is 11.6 Å². The number of nitrogens with zero attached hydrogens (tertiary/aromatic N) is 3. The van der Waals surface area contributed by atoms with Gasteiger partial charge in [0.05, 0.1) is 5.69 Å². The van der Waals surface area contributed by atoms with Crippen LogP contribution in [0, 0.1) is 0 Å². The summed E-state index contributed by atoms with van der Waals surface area (Å²) in [5.41, 5.74) is 18.7. The molecule has 0 saturated carbocycles. The van der Waals surface area contributed by atoms with E-state index in [2.05, 4.69) is 46.1 Å². The van der Waals surface area contributed by atoms with E-state index >= 15 is 0 Å². The summed E-state index contributed by atoms with van der Waals surface area (Å²) in [6, 6.07) is 14.5. The minimum Gasteiger partial charge on any atom is -0.383 e. The summed E-state index contributed by atoms with van der Waals surface area (Å²) in [5, 5.41) is 0.751. The number of nitrogens with two attached hydrogens (primary N) is 2. The van der Waals surface area contributed by atoms with Crippen molar-refractivity contribution in [3.63, 3.8) is 0 Å². The van der Waals surface area contributed by atoms with Crippen molar-refractivity contribution in [3.8, 4) is 11.1 Å². The predicted octanol–water partition coefficient (Wildman–Crippen LogP) is 4.09.